The zero-order valence-electron chi connectivity index (χ0n) is 13.2. The summed E-state index contributed by atoms with van der Waals surface area (Å²) in [6.45, 7) is 6.03. The summed E-state index contributed by atoms with van der Waals surface area (Å²) in [6, 6.07) is 0.323. The number of rotatable bonds is 1. The number of piperazine rings is 1. The highest BCUT2D eigenvalue weighted by atomic mass is 35.5. The highest BCUT2D eigenvalue weighted by Gasteiger charge is 2.33. The summed E-state index contributed by atoms with van der Waals surface area (Å²) in [5.41, 5.74) is 0. The minimum Gasteiger partial charge on any atom is -0.337 e. The fourth-order valence-electron chi connectivity index (χ4n) is 3.00. The SMILES string of the molecule is CC1CNCCN1C(=O)C1CCN(C(=O)N(C)C)CC1.Cl. The molecule has 0 spiro atoms. The van der Waals surface area contributed by atoms with Crippen molar-refractivity contribution in [2.24, 2.45) is 5.92 Å². The van der Waals surface area contributed by atoms with Crippen LogP contribution in [0.2, 0.25) is 0 Å². The Morgan fingerprint density at radius 3 is 2.29 bits per heavy atom. The third-order valence-electron chi connectivity index (χ3n) is 4.28. The van der Waals surface area contributed by atoms with Crippen molar-refractivity contribution >= 4 is 24.3 Å². The Morgan fingerprint density at radius 1 is 1.14 bits per heavy atom. The zero-order chi connectivity index (χ0) is 14.7. The van der Waals surface area contributed by atoms with Crippen LogP contribution in [0.25, 0.3) is 0 Å². The van der Waals surface area contributed by atoms with E-state index in [1.165, 1.54) is 0 Å². The maximum absolute atomic E-state index is 12.6. The van der Waals surface area contributed by atoms with E-state index >= 15 is 0 Å². The average Bonchev–Trinajstić information content (AvgIpc) is 2.46. The number of hydrogen-bond donors (Lipinski definition) is 1. The Morgan fingerprint density at radius 2 is 1.76 bits per heavy atom. The summed E-state index contributed by atoms with van der Waals surface area (Å²) >= 11 is 0. The van der Waals surface area contributed by atoms with Crippen molar-refractivity contribution < 1.29 is 9.59 Å². The topological polar surface area (TPSA) is 55.9 Å². The molecule has 0 aromatic heterocycles. The van der Waals surface area contributed by atoms with Crippen molar-refractivity contribution in [1.29, 1.82) is 0 Å². The van der Waals surface area contributed by atoms with E-state index in [0.717, 1.165) is 32.5 Å². The van der Waals surface area contributed by atoms with E-state index in [1.807, 2.05) is 9.80 Å². The van der Waals surface area contributed by atoms with Gasteiger partial charge in [0.15, 0.2) is 0 Å². The maximum Gasteiger partial charge on any atom is 0.319 e. The predicted molar refractivity (Wildman–Crippen MR) is 84.7 cm³/mol. The summed E-state index contributed by atoms with van der Waals surface area (Å²) in [7, 11) is 3.53. The molecule has 0 aliphatic carbocycles. The number of carbonyl (C=O) groups is 2. The summed E-state index contributed by atoms with van der Waals surface area (Å²) in [6.07, 6.45) is 1.57. The van der Waals surface area contributed by atoms with E-state index in [4.69, 9.17) is 0 Å². The van der Waals surface area contributed by atoms with Crippen LogP contribution in [0, 0.1) is 5.92 Å². The normalized spacial score (nSPS) is 23.5. The lowest BCUT2D eigenvalue weighted by Gasteiger charge is -2.39. The van der Waals surface area contributed by atoms with Crippen LogP contribution in [-0.4, -0.2) is 79.5 Å². The van der Waals surface area contributed by atoms with Crippen molar-refractivity contribution in [3.05, 3.63) is 0 Å². The third kappa shape index (κ3) is 4.23. The maximum atomic E-state index is 12.6. The summed E-state index contributed by atoms with van der Waals surface area (Å²) in [5.74, 6) is 0.359. The molecule has 122 valence electrons. The van der Waals surface area contributed by atoms with E-state index in [2.05, 4.69) is 12.2 Å². The number of amides is 3. The summed E-state index contributed by atoms with van der Waals surface area (Å²) in [4.78, 5) is 29.9. The Balaban J connectivity index is 0.00000220. The van der Waals surface area contributed by atoms with Crippen LogP contribution in [0.15, 0.2) is 0 Å². The van der Waals surface area contributed by atoms with Gasteiger partial charge in [0.1, 0.15) is 0 Å². The van der Waals surface area contributed by atoms with Crippen LogP contribution >= 0.6 is 12.4 Å². The molecule has 1 N–H and O–H groups in total. The van der Waals surface area contributed by atoms with Gasteiger partial charge in [0.2, 0.25) is 5.91 Å². The molecule has 0 bridgehead atoms. The second-order valence-corrected chi connectivity index (χ2v) is 6.02. The molecule has 0 radical (unpaired) electrons. The minimum atomic E-state index is 0. The van der Waals surface area contributed by atoms with Gasteiger partial charge in [-0.2, -0.15) is 0 Å². The number of likely N-dealkylation sites (tertiary alicyclic amines) is 1. The number of nitrogens with one attached hydrogen (secondary N) is 1. The second kappa shape index (κ2) is 7.84. The van der Waals surface area contributed by atoms with Gasteiger partial charge in [-0.1, -0.05) is 0 Å². The van der Waals surface area contributed by atoms with Crippen LogP contribution in [0.4, 0.5) is 4.79 Å². The first-order chi connectivity index (χ1) is 9.50. The van der Waals surface area contributed by atoms with Gasteiger partial charge in [0.25, 0.3) is 0 Å². The summed E-state index contributed by atoms with van der Waals surface area (Å²) in [5, 5.41) is 3.30. The van der Waals surface area contributed by atoms with Crippen molar-refractivity contribution in [2.45, 2.75) is 25.8 Å². The molecule has 3 amide bonds. The first-order valence-electron chi connectivity index (χ1n) is 7.48. The van der Waals surface area contributed by atoms with Crippen molar-refractivity contribution in [3.63, 3.8) is 0 Å². The Hall–Kier alpha value is -1.01. The van der Waals surface area contributed by atoms with E-state index in [9.17, 15) is 9.59 Å². The summed E-state index contributed by atoms with van der Waals surface area (Å²) < 4.78 is 0. The number of piperidine rings is 1. The molecule has 1 unspecified atom stereocenters. The van der Waals surface area contributed by atoms with Crippen molar-refractivity contribution in [2.75, 3.05) is 46.8 Å². The average molecular weight is 319 g/mol. The van der Waals surface area contributed by atoms with Crippen LogP contribution in [-0.2, 0) is 4.79 Å². The fourth-order valence-corrected chi connectivity index (χ4v) is 3.00. The third-order valence-corrected chi connectivity index (χ3v) is 4.28. The molecule has 1 atom stereocenters. The number of hydrogen-bond acceptors (Lipinski definition) is 3. The predicted octanol–water partition coefficient (Wildman–Crippen LogP) is 0.622. The standard InChI is InChI=1S/C14H26N4O2.ClH/c1-11-10-15-6-9-18(11)13(19)12-4-7-17(8-5-12)14(20)16(2)3;/h11-12,15H,4-10H2,1-3H3;1H. The molecule has 21 heavy (non-hydrogen) atoms. The van der Waals surface area contributed by atoms with Crippen molar-refractivity contribution in [1.82, 2.24) is 20.0 Å². The first-order valence-corrected chi connectivity index (χ1v) is 7.48. The van der Waals surface area contributed by atoms with Crippen LogP contribution in [0.5, 0.6) is 0 Å². The zero-order valence-corrected chi connectivity index (χ0v) is 14.0. The fraction of sp³-hybridized carbons (Fsp3) is 0.857. The van der Waals surface area contributed by atoms with Gasteiger partial charge in [0, 0.05) is 58.8 Å². The highest BCUT2D eigenvalue weighted by Crippen LogP contribution is 2.21. The number of carbonyl (C=O) groups excluding carboxylic acids is 2. The molecule has 2 saturated heterocycles. The van der Waals surface area contributed by atoms with E-state index in [0.29, 0.717) is 13.1 Å². The molecule has 7 heteroatoms. The second-order valence-electron chi connectivity index (χ2n) is 6.02. The lowest BCUT2D eigenvalue weighted by Crippen LogP contribution is -2.55. The Kier molecular flexibility index (Phi) is 6.74. The highest BCUT2D eigenvalue weighted by molar-refractivity contribution is 5.85. The molecule has 0 aromatic rings. The minimum absolute atomic E-state index is 0. The van der Waals surface area contributed by atoms with Crippen LogP contribution in [0.3, 0.4) is 0 Å². The molecule has 0 aromatic carbocycles. The number of urea groups is 1. The van der Waals surface area contributed by atoms with E-state index in [1.54, 1.807) is 19.0 Å². The lowest BCUT2D eigenvalue weighted by molar-refractivity contribution is -0.139. The molecule has 6 nitrogen and oxygen atoms in total. The first kappa shape index (κ1) is 18.0. The number of halogens is 1. The van der Waals surface area contributed by atoms with Gasteiger partial charge in [0.05, 0.1) is 0 Å². The Bertz CT molecular complexity index is 370. The molecular weight excluding hydrogens is 292 g/mol. The quantitative estimate of drug-likeness (QED) is 0.771. The van der Waals surface area contributed by atoms with Gasteiger partial charge in [-0.25, -0.2) is 4.79 Å². The van der Waals surface area contributed by atoms with Gasteiger partial charge < -0.3 is 20.0 Å². The molecule has 2 fully saturated rings. The molecule has 2 aliphatic rings. The molecular formula is C14H27ClN4O2. The molecule has 2 heterocycles. The van der Waals surface area contributed by atoms with E-state index < -0.39 is 0 Å². The van der Waals surface area contributed by atoms with Gasteiger partial charge in [-0.15, -0.1) is 12.4 Å². The van der Waals surface area contributed by atoms with Crippen LogP contribution in [0.1, 0.15) is 19.8 Å². The van der Waals surface area contributed by atoms with Crippen molar-refractivity contribution in [3.8, 4) is 0 Å². The Labute approximate surface area is 133 Å². The monoisotopic (exact) mass is 318 g/mol. The van der Waals surface area contributed by atoms with Gasteiger partial charge in [-0.3, -0.25) is 4.79 Å². The number of nitrogens with zero attached hydrogens (tertiary/aromatic N) is 3. The molecule has 2 aliphatic heterocycles. The van der Waals surface area contributed by atoms with Gasteiger partial charge in [-0.05, 0) is 19.8 Å². The van der Waals surface area contributed by atoms with Crippen LogP contribution < -0.4 is 5.32 Å². The van der Waals surface area contributed by atoms with Gasteiger partial charge >= 0.3 is 6.03 Å². The molecule has 0 saturated carbocycles. The molecule has 2 rings (SSSR count). The lowest BCUT2D eigenvalue weighted by atomic mass is 9.94. The van der Waals surface area contributed by atoms with E-state index in [-0.39, 0.29) is 36.3 Å². The largest absolute Gasteiger partial charge is 0.337 e. The smallest absolute Gasteiger partial charge is 0.319 e.